The fourth-order valence-electron chi connectivity index (χ4n) is 3.49. The van der Waals surface area contributed by atoms with E-state index < -0.39 is 0 Å². The molecular weight excluding hydrogens is 368 g/mol. The largest absolute Gasteiger partial charge is 0.312 e. The molecule has 1 amide bonds. The third kappa shape index (κ3) is 3.28. The monoisotopic (exact) mass is 386 g/mol. The SMILES string of the molecule is O=C(Nc1nc2ccc(-c3ccncc3)cc2s1)c1ccc2c(c1)CNCC2. The number of thiazole rings is 1. The summed E-state index contributed by atoms with van der Waals surface area (Å²) in [7, 11) is 0. The number of nitrogens with one attached hydrogen (secondary N) is 2. The van der Waals surface area contributed by atoms with E-state index >= 15 is 0 Å². The number of aromatic nitrogens is 2. The number of carbonyl (C=O) groups excluding carboxylic acids is 1. The summed E-state index contributed by atoms with van der Waals surface area (Å²) in [5, 5.41) is 6.91. The van der Waals surface area contributed by atoms with Crippen LogP contribution in [0.25, 0.3) is 21.3 Å². The molecule has 0 saturated carbocycles. The van der Waals surface area contributed by atoms with E-state index in [0.29, 0.717) is 10.7 Å². The first-order valence-corrected chi connectivity index (χ1v) is 10.0. The minimum atomic E-state index is -0.123. The number of nitrogens with zero attached hydrogens (tertiary/aromatic N) is 2. The molecule has 1 aliphatic heterocycles. The summed E-state index contributed by atoms with van der Waals surface area (Å²) in [5.74, 6) is -0.123. The van der Waals surface area contributed by atoms with Gasteiger partial charge in [-0.05, 0) is 71.6 Å². The van der Waals surface area contributed by atoms with Crippen molar-refractivity contribution in [3.8, 4) is 11.1 Å². The summed E-state index contributed by atoms with van der Waals surface area (Å²) in [6.45, 7) is 1.81. The van der Waals surface area contributed by atoms with Crippen LogP contribution in [0.2, 0.25) is 0 Å². The van der Waals surface area contributed by atoms with E-state index in [1.54, 1.807) is 12.4 Å². The Morgan fingerprint density at radius 3 is 2.79 bits per heavy atom. The maximum atomic E-state index is 12.7. The zero-order valence-electron chi connectivity index (χ0n) is 15.1. The molecule has 5 nitrogen and oxygen atoms in total. The number of pyridine rings is 1. The van der Waals surface area contributed by atoms with Gasteiger partial charge in [-0.3, -0.25) is 15.1 Å². The maximum absolute atomic E-state index is 12.7. The number of amides is 1. The van der Waals surface area contributed by atoms with Crippen LogP contribution in [-0.2, 0) is 13.0 Å². The molecule has 0 aliphatic carbocycles. The Bertz CT molecular complexity index is 1170. The van der Waals surface area contributed by atoms with Crippen molar-refractivity contribution in [3.63, 3.8) is 0 Å². The number of benzene rings is 2. The number of hydrogen-bond acceptors (Lipinski definition) is 5. The molecule has 2 aromatic carbocycles. The molecule has 28 heavy (non-hydrogen) atoms. The number of fused-ring (bicyclic) bond motifs is 2. The molecule has 3 heterocycles. The average molecular weight is 386 g/mol. The van der Waals surface area contributed by atoms with E-state index in [2.05, 4.69) is 32.7 Å². The van der Waals surface area contributed by atoms with Gasteiger partial charge in [-0.2, -0.15) is 0 Å². The number of hydrogen-bond donors (Lipinski definition) is 2. The number of rotatable bonds is 3. The Balaban J connectivity index is 1.40. The summed E-state index contributed by atoms with van der Waals surface area (Å²) in [6.07, 6.45) is 4.58. The Kier molecular flexibility index (Phi) is 4.35. The molecule has 2 aromatic heterocycles. The standard InChI is InChI=1S/C22H18N4OS/c27-21(17-2-1-14-7-10-24-13-18(14)11-17)26-22-25-19-4-3-16(12-20(19)28-22)15-5-8-23-9-6-15/h1-6,8-9,11-12,24H,7,10,13H2,(H,25,26,27). The lowest BCUT2D eigenvalue weighted by molar-refractivity contribution is 0.102. The van der Waals surface area contributed by atoms with Crippen LogP contribution in [0.1, 0.15) is 21.5 Å². The highest BCUT2D eigenvalue weighted by molar-refractivity contribution is 7.22. The van der Waals surface area contributed by atoms with Gasteiger partial charge in [0.2, 0.25) is 0 Å². The topological polar surface area (TPSA) is 66.9 Å². The second-order valence-electron chi connectivity index (χ2n) is 6.80. The van der Waals surface area contributed by atoms with Crippen LogP contribution < -0.4 is 10.6 Å². The van der Waals surface area contributed by atoms with Crippen molar-refractivity contribution in [2.75, 3.05) is 11.9 Å². The molecule has 138 valence electrons. The number of carbonyl (C=O) groups is 1. The Labute approximate surface area is 166 Å². The maximum Gasteiger partial charge on any atom is 0.257 e. The normalized spacial score (nSPS) is 13.3. The van der Waals surface area contributed by atoms with E-state index in [-0.39, 0.29) is 5.91 Å². The fraction of sp³-hybridized carbons (Fsp3) is 0.136. The van der Waals surface area contributed by atoms with Crippen LogP contribution in [0.5, 0.6) is 0 Å². The van der Waals surface area contributed by atoms with Gasteiger partial charge < -0.3 is 5.32 Å². The molecule has 0 fully saturated rings. The number of anilines is 1. The highest BCUT2D eigenvalue weighted by atomic mass is 32.1. The zero-order valence-corrected chi connectivity index (χ0v) is 15.9. The highest BCUT2D eigenvalue weighted by Gasteiger charge is 2.14. The molecule has 0 bridgehead atoms. The van der Waals surface area contributed by atoms with Gasteiger partial charge in [0.05, 0.1) is 10.2 Å². The molecule has 0 spiro atoms. The van der Waals surface area contributed by atoms with Crippen molar-refractivity contribution < 1.29 is 4.79 Å². The van der Waals surface area contributed by atoms with Gasteiger partial charge in [-0.25, -0.2) is 4.98 Å². The van der Waals surface area contributed by atoms with Crippen molar-refractivity contribution in [2.24, 2.45) is 0 Å². The average Bonchev–Trinajstić information content (AvgIpc) is 3.15. The molecule has 0 unspecified atom stereocenters. The third-order valence-electron chi connectivity index (χ3n) is 4.98. The van der Waals surface area contributed by atoms with Crippen molar-refractivity contribution in [2.45, 2.75) is 13.0 Å². The van der Waals surface area contributed by atoms with Gasteiger partial charge in [0.1, 0.15) is 0 Å². The predicted octanol–water partition coefficient (Wildman–Crippen LogP) is 4.26. The molecule has 0 saturated heterocycles. The second kappa shape index (κ2) is 7.14. The van der Waals surface area contributed by atoms with E-state index in [4.69, 9.17) is 0 Å². The predicted molar refractivity (Wildman–Crippen MR) is 113 cm³/mol. The summed E-state index contributed by atoms with van der Waals surface area (Å²) in [6, 6.07) is 16.0. The van der Waals surface area contributed by atoms with Crippen molar-refractivity contribution in [1.82, 2.24) is 15.3 Å². The summed E-state index contributed by atoms with van der Waals surface area (Å²) in [5.41, 5.74) is 6.29. The lowest BCUT2D eigenvalue weighted by atomic mass is 9.98. The first-order valence-electron chi connectivity index (χ1n) is 9.21. The van der Waals surface area contributed by atoms with Crippen LogP contribution in [0.3, 0.4) is 0 Å². The lowest BCUT2D eigenvalue weighted by Gasteiger charge is -2.17. The van der Waals surface area contributed by atoms with Gasteiger partial charge in [0.25, 0.3) is 5.91 Å². The van der Waals surface area contributed by atoms with Gasteiger partial charge >= 0.3 is 0 Å². The molecular formula is C22H18N4OS. The fourth-order valence-corrected chi connectivity index (χ4v) is 4.39. The molecule has 4 aromatic rings. The third-order valence-corrected chi connectivity index (χ3v) is 5.91. The van der Waals surface area contributed by atoms with Crippen molar-refractivity contribution in [3.05, 3.63) is 77.6 Å². The molecule has 5 rings (SSSR count). The first-order chi connectivity index (χ1) is 13.8. The molecule has 0 atom stereocenters. The highest BCUT2D eigenvalue weighted by Crippen LogP contribution is 2.30. The smallest absolute Gasteiger partial charge is 0.257 e. The lowest BCUT2D eigenvalue weighted by Crippen LogP contribution is -2.24. The van der Waals surface area contributed by atoms with E-state index in [9.17, 15) is 4.79 Å². The Hall–Kier alpha value is -3.09. The van der Waals surface area contributed by atoms with Crippen LogP contribution in [0.4, 0.5) is 5.13 Å². The molecule has 2 N–H and O–H groups in total. The summed E-state index contributed by atoms with van der Waals surface area (Å²) >= 11 is 1.49. The molecule has 0 radical (unpaired) electrons. The Morgan fingerprint density at radius 2 is 1.89 bits per heavy atom. The van der Waals surface area contributed by atoms with Crippen LogP contribution in [0, 0.1) is 0 Å². The van der Waals surface area contributed by atoms with Crippen LogP contribution in [0.15, 0.2) is 60.9 Å². The Morgan fingerprint density at radius 1 is 1.00 bits per heavy atom. The minimum Gasteiger partial charge on any atom is -0.312 e. The molecule has 6 heteroatoms. The molecule has 1 aliphatic rings. The summed E-state index contributed by atoms with van der Waals surface area (Å²) < 4.78 is 1.04. The van der Waals surface area contributed by atoms with Gasteiger partial charge in [0, 0.05) is 24.5 Å². The quantitative estimate of drug-likeness (QED) is 0.552. The van der Waals surface area contributed by atoms with E-state index in [0.717, 1.165) is 40.9 Å². The zero-order chi connectivity index (χ0) is 18.9. The van der Waals surface area contributed by atoms with Crippen LogP contribution >= 0.6 is 11.3 Å². The van der Waals surface area contributed by atoms with Gasteiger partial charge in [-0.1, -0.05) is 23.5 Å². The van der Waals surface area contributed by atoms with E-state index in [1.807, 2.05) is 36.4 Å². The van der Waals surface area contributed by atoms with Gasteiger partial charge in [0.15, 0.2) is 5.13 Å². The second-order valence-corrected chi connectivity index (χ2v) is 7.83. The van der Waals surface area contributed by atoms with Crippen LogP contribution in [-0.4, -0.2) is 22.4 Å². The van der Waals surface area contributed by atoms with Crippen molar-refractivity contribution >= 4 is 32.6 Å². The van der Waals surface area contributed by atoms with Crippen molar-refractivity contribution in [1.29, 1.82) is 0 Å². The summed E-state index contributed by atoms with van der Waals surface area (Å²) in [4.78, 5) is 21.3. The first kappa shape index (κ1) is 17.0. The minimum absolute atomic E-state index is 0.123. The van der Waals surface area contributed by atoms with E-state index in [1.165, 1.54) is 22.5 Å². The van der Waals surface area contributed by atoms with Gasteiger partial charge in [-0.15, -0.1) is 0 Å².